The van der Waals surface area contributed by atoms with Crippen LogP contribution >= 0.6 is 0 Å². The van der Waals surface area contributed by atoms with Gasteiger partial charge < -0.3 is 15.0 Å². The second-order valence-electron chi connectivity index (χ2n) is 9.84. The number of amides is 2. The van der Waals surface area contributed by atoms with Gasteiger partial charge in [0, 0.05) is 18.2 Å². The van der Waals surface area contributed by atoms with Crippen molar-refractivity contribution in [2.24, 2.45) is 0 Å². The molecule has 1 saturated carbocycles. The molecular weight excluding hydrogens is 428 g/mol. The van der Waals surface area contributed by atoms with Crippen LogP contribution in [0.25, 0.3) is 11.3 Å². The number of rotatable bonds is 9. The summed E-state index contributed by atoms with van der Waals surface area (Å²) in [5.74, 6) is 0.628. The Balaban J connectivity index is 1.56. The largest absolute Gasteiger partial charge is 0.494 e. The Hall–Kier alpha value is -2.83. The van der Waals surface area contributed by atoms with Gasteiger partial charge in [0.05, 0.1) is 18.8 Å². The SMILES string of the molecule is CCCCOc1ccc(-c2cc3n(n2)C[C@@](C)(C(=O)NC2CCCCC2)N(CCC)C3=O)cc1. The summed E-state index contributed by atoms with van der Waals surface area (Å²) in [5.41, 5.74) is 1.23. The van der Waals surface area contributed by atoms with Crippen LogP contribution in [-0.4, -0.2) is 51.2 Å². The Morgan fingerprint density at radius 2 is 1.88 bits per heavy atom. The van der Waals surface area contributed by atoms with E-state index in [1.165, 1.54) is 6.42 Å². The number of nitrogens with zero attached hydrogens (tertiary/aromatic N) is 3. The summed E-state index contributed by atoms with van der Waals surface area (Å²) in [5, 5.41) is 7.99. The molecule has 1 fully saturated rings. The summed E-state index contributed by atoms with van der Waals surface area (Å²) in [6.07, 6.45) is 8.46. The number of hydrogen-bond acceptors (Lipinski definition) is 4. The van der Waals surface area contributed by atoms with E-state index in [1.807, 2.05) is 44.2 Å². The molecular formula is C27H38N4O3. The first-order valence-corrected chi connectivity index (χ1v) is 12.9. The van der Waals surface area contributed by atoms with Crippen LogP contribution < -0.4 is 10.1 Å². The summed E-state index contributed by atoms with van der Waals surface area (Å²) in [6, 6.07) is 9.87. The normalized spacial score (nSPS) is 20.8. The topological polar surface area (TPSA) is 76.5 Å². The van der Waals surface area contributed by atoms with Crippen LogP contribution in [0.15, 0.2) is 30.3 Å². The molecule has 4 rings (SSSR count). The van der Waals surface area contributed by atoms with E-state index in [2.05, 4.69) is 12.2 Å². The average molecular weight is 467 g/mol. The molecule has 2 aromatic rings. The highest BCUT2D eigenvalue weighted by molar-refractivity contribution is 6.00. The van der Waals surface area contributed by atoms with Crippen molar-refractivity contribution in [3.05, 3.63) is 36.0 Å². The van der Waals surface area contributed by atoms with Gasteiger partial charge in [0.1, 0.15) is 17.0 Å². The van der Waals surface area contributed by atoms with Gasteiger partial charge in [-0.1, -0.05) is 39.5 Å². The maximum absolute atomic E-state index is 13.5. The number of fused-ring (bicyclic) bond motifs is 1. The van der Waals surface area contributed by atoms with E-state index in [0.717, 1.165) is 62.0 Å². The highest BCUT2D eigenvalue weighted by atomic mass is 16.5. The molecule has 184 valence electrons. The fraction of sp³-hybridized carbons (Fsp3) is 0.593. The molecule has 0 radical (unpaired) electrons. The minimum Gasteiger partial charge on any atom is -0.494 e. The van der Waals surface area contributed by atoms with E-state index in [0.29, 0.717) is 25.4 Å². The minimum absolute atomic E-state index is 0.0718. The van der Waals surface area contributed by atoms with E-state index in [9.17, 15) is 9.59 Å². The molecule has 1 aliphatic heterocycles. The number of aromatic nitrogens is 2. The van der Waals surface area contributed by atoms with Gasteiger partial charge in [0.25, 0.3) is 5.91 Å². The number of unbranched alkanes of at least 4 members (excludes halogenated alkanes) is 1. The van der Waals surface area contributed by atoms with Gasteiger partial charge in [0.15, 0.2) is 0 Å². The van der Waals surface area contributed by atoms with Gasteiger partial charge in [-0.05, 0) is 62.9 Å². The van der Waals surface area contributed by atoms with Gasteiger partial charge in [-0.3, -0.25) is 14.3 Å². The molecule has 1 aromatic heterocycles. The Morgan fingerprint density at radius 1 is 1.15 bits per heavy atom. The number of nitrogens with one attached hydrogen (secondary N) is 1. The Bertz CT molecular complexity index is 994. The van der Waals surface area contributed by atoms with Crippen molar-refractivity contribution in [3.8, 4) is 17.0 Å². The lowest BCUT2D eigenvalue weighted by Crippen LogP contribution is -2.65. The first-order chi connectivity index (χ1) is 16.5. The van der Waals surface area contributed by atoms with Gasteiger partial charge in [0.2, 0.25) is 5.91 Å². The molecule has 2 amide bonds. The zero-order valence-corrected chi connectivity index (χ0v) is 20.8. The third-order valence-electron chi connectivity index (χ3n) is 7.09. The van der Waals surface area contributed by atoms with Crippen molar-refractivity contribution in [2.75, 3.05) is 13.2 Å². The van der Waals surface area contributed by atoms with Gasteiger partial charge in [-0.2, -0.15) is 5.10 Å². The number of ether oxygens (including phenoxy) is 1. The van der Waals surface area contributed by atoms with Crippen LogP contribution in [0, 0.1) is 0 Å². The second-order valence-corrected chi connectivity index (χ2v) is 9.84. The zero-order valence-electron chi connectivity index (χ0n) is 20.8. The van der Waals surface area contributed by atoms with E-state index in [4.69, 9.17) is 9.84 Å². The monoisotopic (exact) mass is 466 g/mol. The van der Waals surface area contributed by atoms with Crippen molar-refractivity contribution in [1.82, 2.24) is 20.0 Å². The maximum atomic E-state index is 13.5. The average Bonchev–Trinajstić information content (AvgIpc) is 3.27. The van der Waals surface area contributed by atoms with Gasteiger partial charge in [-0.25, -0.2) is 0 Å². The van der Waals surface area contributed by atoms with Gasteiger partial charge in [-0.15, -0.1) is 0 Å². The smallest absolute Gasteiger partial charge is 0.273 e. The molecule has 0 bridgehead atoms. The molecule has 0 spiro atoms. The Labute approximate surface area is 202 Å². The van der Waals surface area contributed by atoms with Crippen LogP contribution in [-0.2, 0) is 11.3 Å². The molecule has 7 nitrogen and oxygen atoms in total. The fourth-order valence-corrected chi connectivity index (χ4v) is 5.00. The molecule has 2 heterocycles. The first kappa shape index (κ1) is 24.3. The standard InChI is InChI=1S/C27H38N4O3/c1-4-6-17-34-22-14-12-20(13-15-22)23-18-24-25(32)30(16-5-2)27(3,19-31(24)29-23)26(33)28-21-10-8-7-9-11-21/h12-15,18,21H,4-11,16-17,19H2,1-3H3,(H,28,33)/t27-/m0/s1. The van der Waals surface area contributed by atoms with Crippen molar-refractivity contribution in [3.63, 3.8) is 0 Å². The maximum Gasteiger partial charge on any atom is 0.273 e. The summed E-state index contributed by atoms with van der Waals surface area (Å²) in [7, 11) is 0. The number of carbonyl (C=O) groups is 2. The predicted octanol–water partition coefficient (Wildman–Crippen LogP) is 4.80. The highest BCUT2D eigenvalue weighted by Crippen LogP contribution is 2.31. The van der Waals surface area contributed by atoms with Crippen LogP contribution in [0.4, 0.5) is 0 Å². The third kappa shape index (κ3) is 4.98. The number of carbonyl (C=O) groups excluding carboxylic acids is 2. The first-order valence-electron chi connectivity index (χ1n) is 12.9. The lowest BCUT2D eigenvalue weighted by Gasteiger charge is -2.44. The number of benzene rings is 1. The van der Waals surface area contributed by atoms with E-state index < -0.39 is 5.54 Å². The molecule has 0 unspecified atom stereocenters. The van der Waals surface area contributed by atoms with Crippen LogP contribution in [0.2, 0.25) is 0 Å². The second kappa shape index (κ2) is 10.6. The van der Waals surface area contributed by atoms with E-state index in [-0.39, 0.29) is 17.9 Å². The van der Waals surface area contributed by atoms with Crippen molar-refractivity contribution >= 4 is 11.8 Å². The predicted molar refractivity (Wildman–Crippen MR) is 133 cm³/mol. The molecule has 7 heteroatoms. The summed E-state index contributed by atoms with van der Waals surface area (Å²) in [4.78, 5) is 28.8. The van der Waals surface area contributed by atoms with Gasteiger partial charge >= 0.3 is 0 Å². The van der Waals surface area contributed by atoms with Crippen LogP contribution in [0.3, 0.4) is 0 Å². The molecule has 34 heavy (non-hydrogen) atoms. The Morgan fingerprint density at radius 3 is 2.56 bits per heavy atom. The molecule has 1 N–H and O–H groups in total. The molecule has 1 atom stereocenters. The lowest BCUT2D eigenvalue weighted by molar-refractivity contribution is -0.134. The van der Waals surface area contributed by atoms with Crippen LogP contribution in [0.1, 0.15) is 82.6 Å². The highest BCUT2D eigenvalue weighted by Gasteiger charge is 2.48. The fourth-order valence-electron chi connectivity index (χ4n) is 5.00. The molecule has 2 aliphatic rings. The third-order valence-corrected chi connectivity index (χ3v) is 7.09. The summed E-state index contributed by atoms with van der Waals surface area (Å²) < 4.78 is 7.48. The van der Waals surface area contributed by atoms with Crippen molar-refractivity contribution in [2.45, 2.75) is 90.3 Å². The van der Waals surface area contributed by atoms with Crippen molar-refractivity contribution < 1.29 is 14.3 Å². The molecule has 1 aromatic carbocycles. The van der Waals surface area contributed by atoms with E-state index in [1.54, 1.807) is 9.58 Å². The Kier molecular flexibility index (Phi) is 7.59. The summed E-state index contributed by atoms with van der Waals surface area (Å²) in [6.45, 7) is 7.65. The van der Waals surface area contributed by atoms with Crippen molar-refractivity contribution in [1.29, 1.82) is 0 Å². The van der Waals surface area contributed by atoms with Crippen LogP contribution in [0.5, 0.6) is 5.75 Å². The molecule has 0 saturated heterocycles. The minimum atomic E-state index is -0.961. The quantitative estimate of drug-likeness (QED) is 0.539. The number of hydrogen-bond donors (Lipinski definition) is 1. The zero-order chi connectivity index (χ0) is 24.1. The lowest BCUT2D eigenvalue weighted by atomic mass is 9.91. The molecule has 1 aliphatic carbocycles. The van der Waals surface area contributed by atoms with E-state index >= 15 is 0 Å². The summed E-state index contributed by atoms with van der Waals surface area (Å²) >= 11 is 0.